The predicted molar refractivity (Wildman–Crippen MR) is 124 cm³/mol. The summed E-state index contributed by atoms with van der Waals surface area (Å²) in [6, 6.07) is 4.32. The second kappa shape index (κ2) is 8.90. The fourth-order valence-corrected chi connectivity index (χ4v) is 8.09. The zero-order valence-corrected chi connectivity index (χ0v) is 21.9. The van der Waals surface area contributed by atoms with E-state index in [0.29, 0.717) is 12.1 Å². The molecule has 1 fully saturated rings. The van der Waals surface area contributed by atoms with E-state index in [1.807, 2.05) is 0 Å². The van der Waals surface area contributed by atoms with Crippen molar-refractivity contribution in [1.29, 1.82) is 0 Å². The molecule has 2 atom stereocenters. The summed E-state index contributed by atoms with van der Waals surface area (Å²) in [6.45, 7) is 4.83. The lowest BCUT2D eigenvalue weighted by molar-refractivity contribution is -0.348. The molecule has 2 aliphatic rings. The number of hydrogen-bond donors (Lipinski definition) is 0. The minimum Gasteiger partial charge on any atom is -0.337 e. The summed E-state index contributed by atoms with van der Waals surface area (Å²) in [5.74, 6) is -1.12. The second-order valence-corrected chi connectivity index (χ2v) is 13.1. The van der Waals surface area contributed by atoms with Crippen LogP contribution in [-0.4, -0.2) is 44.2 Å². The zero-order chi connectivity index (χ0) is 29.4. The maximum atomic E-state index is 14.9. The fourth-order valence-electron chi connectivity index (χ4n) is 5.73. The molecule has 0 bridgehead atoms. The summed E-state index contributed by atoms with van der Waals surface area (Å²) in [4.78, 5) is 14.3. The molecule has 2 aromatic rings. The number of carbonyl (C=O) groups is 1. The van der Waals surface area contributed by atoms with E-state index in [-0.39, 0.29) is 47.7 Å². The van der Waals surface area contributed by atoms with Crippen molar-refractivity contribution in [3.63, 3.8) is 0 Å². The molecule has 13 heteroatoms. The summed E-state index contributed by atoms with van der Waals surface area (Å²) in [7, 11) is -4.51. The summed E-state index contributed by atoms with van der Waals surface area (Å²) >= 11 is 0. The van der Waals surface area contributed by atoms with Crippen LogP contribution in [-0.2, 0) is 31.5 Å². The van der Waals surface area contributed by atoms with E-state index in [1.54, 1.807) is 20.8 Å². The van der Waals surface area contributed by atoms with Gasteiger partial charge in [-0.2, -0.15) is 26.3 Å². The van der Waals surface area contributed by atoms with Crippen LogP contribution in [0.15, 0.2) is 47.4 Å². The Hall–Kier alpha value is -2.70. The third-order valence-corrected chi connectivity index (χ3v) is 10.1. The van der Waals surface area contributed by atoms with Crippen LogP contribution in [0.5, 0.6) is 0 Å². The van der Waals surface area contributed by atoms with Crippen LogP contribution in [0.3, 0.4) is 0 Å². The molecule has 1 saturated heterocycles. The summed E-state index contributed by atoms with van der Waals surface area (Å²) in [6.07, 6.45) is -13.2. The number of aryl methyl sites for hydroxylation is 1. The molecule has 0 aromatic heterocycles. The summed E-state index contributed by atoms with van der Waals surface area (Å²) in [5, 5.41) is 0. The number of hydrogen-bond acceptors (Lipinski definition) is 3. The van der Waals surface area contributed by atoms with Gasteiger partial charge in [-0.3, -0.25) is 4.79 Å². The van der Waals surface area contributed by atoms with Crippen molar-refractivity contribution in [2.75, 3.05) is 6.54 Å². The average molecular weight is 584 g/mol. The Morgan fingerprint density at radius 1 is 0.923 bits per heavy atom. The van der Waals surface area contributed by atoms with E-state index >= 15 is 0 Å². The van der Waals surface area contributed by atoms with Crippen LogP contribution in [0.4, 0.5) is 35.1 Å². The molecule has 1 amide bonds. The van der Waals surface area contributed by atoms with Gasteiger partial charge in [0.25, 0.3) is 0 Å². The van der Waals surface area contributed by atoms with Crippen molar-refractivity contribution < 1.29 is 48.3 Å². The summed E-state index contributed by atoms with van der Waals surface area (Å²) < 4.78 is 135. The van der Waals surface area contributed by atoms with Crippen molar-refractivity contribution in [2.45, 2.75) is 73.7 Å². The molecule has 4 rings (SSSR count). The molecule has 214 valence electrons. The normalized spacial score (nSPS) is 22.4. The van der Waals surface area contributed by atoms with Crippen molar-refractivity contribution in [2.24, 2.45) is 5.41 Å². The number of alkyl halides is 7. The van der Waals surface area contributed by atoms with E-state index in [2.05, 4.69) is 0 Å². The first-order chi connectivity index (χ1) is 17.7. The van der Waals surface area contributed by atoms with Gasteiger partial charge in [-0.15, -0.1) is 0 Å². The van der Waals surface area contributed by atoms with Crippen LogP contribution in [0.1, 0.15) is 50.3 Å². The van der Waals surface area contributed by atoms with Gasteiger partial charge in [0.1, 0.15) is 10.6 Å². The SMILES string of the molecule is CC(C)(C)C(=O)N1CC[C@]2(S(=O)(=O)c3ccc(F)cc3)c3ccc(C(F)(C(F)(F)F)C(F)(F)F)cc3CC[C@H]12. The molecule has 0 radical (unpaired) electrons. The van der Waals surface area contributed by atoms with Gasteiger partial charge in [0.15, 0.2) is 9.84 Å². The molecule has 1 aliphatic carbocycles. The number of fused-ring (bicyclic) bond motifs is 3. The number of carbonyl (C=O) groups excluding carboxylic acids is 1. The standard InChI is InChI=1S/C26H25F8NO3S/c1-22(2,3)21(36)35-13-12-23(39(37,38)18-8-6-17(27)7-9-18)19-10-5-16(14-15(19)4-11-20(23)35)24(28,25(29,30)31)26(32,33)34/h5-10,14,20H,4,11-13H2,1-3H3/t20-,23-/m0/s1. The number of nitrogens with zero attached hydrogens (tertiary/aromatic N) is 1. The molecule has 2 aromatic carbocycles. The summed E-state index contributed by atoms with van der Waals surface area (Å²) in [5.41, 5.74) is -8.63. The van der Waals surface area contributed by atoms with Crippen LogP contribution in [0.25, 0.3) is 0 Å². The van der Waals surface area contributed by atoms with Crippen LogP contribution >= 0.6 is 0 Å². The second-order valence-electron chi connectivity index (χ2n) is 10.9. The molecule has 0 N–H and O–H groups in total. The van der Waals surface area contributed by atoms with Gasteiger partial charge in [-0.05, 0) is 54.7 Å². The Bertz CT molecular complexity index is 1380. The Morgan fingerprint density at radius 3 is 2.00 bits per heavy atom. The number of likely N-dealkylation sites (tertiary alicyclic amines) is 1. The van der Waals surface area contributed by atoms with E-state index < -0.39 is 55.4 Å². The smallest absolute Gasteiger partial charge is 0.337 e. The number of halogens is 8. The highest BCUT2D eigenvalue weighted by atomic mass is 32.2. The maximum absolute atomic E-state index is 14.9. The highest BCUT2D eigenvalue weighted by molar-refractivity contribution is 7.92. The molecule has 0 saturated carbocycles. The molecule has 39 heavy (non-hydrogen) atoms. The van der Waals surface area contributed by atoms with Gasteiger partial charge in [-0.25, -0.2) is 17.2 Å². The topological polar surface area (TPSA) is 54.5 Å². The lowest BCUT2D eigenvalue weighted by atomic mass is 9.76. The minimum absolute atomic E-state index is 0.0550. The van der Waals surface area contributed by atoms with Gasteiger partial charge in [-0.1, -0.05) is 39.0 Å². The monoisotopic (exact) mass is 583 g/mol. The number of benzene rings is 2. The quantitative estimate of drug-likeness (QED) is 0.312. The Balaban J connectivity index is 1.97. The van der Waals surface area contributed by atoms with Crippen LogP contribution in [0, 0.1) is 11.2 Å². The molecular formula is C26H25F8NO3S. The third kappa shape index (κ3) is 4.22. The Labute approximate surface area is 219 Å². The molecule has 0 spiro atoms. The highest BCUT2D eigenvalue weighted by Crippen LogP contribution is 2.57. The molecule has 0 unspecified atom stereocenters. The third-order valence-electron chi connectivity index (χ3n) is 7.57. The molecule has 1 aliphatic heterocycles. The first-order valence-corrected chi connectivity index (χ1v) is 13.5. The van der Waals surface area contributed by atoms with Crippen molar-refractivity contribution in [1.82, 2.24) is 4.90 Å². The van der Waals surface area contributed by atoms with Gasteiger partial charge < -0.3 is 4.90 Å². The lowest BCUT2D eigenvalue weighted by Gasteiger charge is -2.44. The van der Waals surface area contributed by atoms with Crippen LogP contribution in [0.2, 0.25) is 0 Å². The maximum Gasteiger partial charge on any atom is 0.435 e. The lowest BCUT2D eigenvalue weighted by Crippen LogP contribution is -2.54. The number of rotatable bonds is 3. The van der Waals surface area contributed by atoms with E-state index in [4.69, 9.17) is 0 Å². The molecule has 4 nitrogen and oxygen atoms in total. The Kier molecular flexibility index (Phi) is 6.69. The van der Waals surface area contributed by atoms with Gasteiger partial charge in [0.2, 0.25) is 5.91 Å². The van der Waals surface area contributed by atoms with Gasteiger partial charge in [0.05, 0.1) is 10.9 Å². The largest absolute Gasteiger partial charge is 0.435 e. The van der Waals surface area contributed by atoms with Crippen molar-refractivity contribution in [3.8, 4) is 0 Å². The van der Waals surface area contributed by atoms with Crippen molar-refractivity contribution in [3.05, 3.63) is 65.0 Å². The van der Waals surface area contributed by atoms with E-state index in [1.165, 1.54) is 4.90 Å². The minimum atomic E-state index is -6.34. The van der Waals surface area contributed by atoms with E-state index in [9.17, 15) is 48.3 Å². The number of amides is 1. The average Bonchev–Trinajstić information content (AvgIpc) is 3.22. The molecule has 1 heterocycles. The first kappa shape index (κ1) is 29.3. The number of sulfone groups is 1. The van der Waals surface area contributed by atoms with Gasteiger partial charge in [0, 0.05) is 17.5 Å². The van der Waals surface area contributed by atoms with Crippen molar-refractivity contribution >= 4 is 15.7 Å². The highest BCUT2D eigenvalue weighted by Gasteiger charge is 2.74. The first-order valence-electron chi connectivity index (χ1n) is 12.0. The Morgan fingerprint density at radius 2 is 1.49 bits per heavy atom. The van der Waals surface area contributed by atoms with E-state index in [0.717, 1.165) is 30.3 Å². The zero-order valence-electron chi connectivity index (χ0n) is 21.1. The molecular weight excluding hydrogens is 558 g/mol. The predicted octanol–water partition coefficient (Wildman–Crippen LogP) is 6.38. The fraction of sp³-hybridized carbons (Fsp3) is 0.500. The van der Waals surface area contributed by atoms with Crippen LogP contribution < -0.4 is 0 Å². The van der Waals surface area contributed by atoms with Gasteiger partial charge >= 0.3 is 18.0 Å².